The van der Waals surface area contributed by atoms with E-state index in [0.717, 1.165) is 28.6 Å². The van der Waals surface area contributed by atoms with Crippen molar-refractivity contribution < 1.29 is 9.32 Å². The smallest absolute Gasteiger partial charge is 0.321 e. The predicted octanol–water partition coefficient (Wildman–Crippen LogP) is 5.56. The first-order valence-corrected chi connectivity index (χ1v) is 10.2. The minimum Gasteiger partial charge on any atom is -0.339 e. The van der Waals surface area contributed by atoms with Crippen molar-refractivity contribution in [3.8, 4) is 11.4 Å². The molecule has 0 saturated carbocycles. The summed E-state index contributed by atoms with van der Waals surface area (Å²) in [7, 11) is 0. The first kappa shape index (κ1) is 19.0. The summed E-state index contributed by atoms with van der Waals surface area (Å²) in [4.78, 5) is 18.9. The zero-order chi connectivity index (χ0) is 19.5. The second-order valence-electron chi connectivity index (χ2n) is 6.63. The number of halogens is 2. The van der Waals surface area contributed by atoms with E-state index in [2.05, 4.69) is 31.4 Å². The van der Waals surface area contributed by atoms with Crippen LogP contribution in [0.5, 0.6) is 0 Å². The minimum absolute atomic E-state index is 0.0993. The summed E-state index contributed by atoms with van der Waals surface area (Å²) in [6, 6.07) is 14.8. The third-order valence-corrected chi connectivity index (χ3v) is 5.73. The molecule has 144 valence electrons. The van der Waals surface area contributed by atoms with Gasteiger partial charge in [-0.2, -0.15) is 4.98 Å². The molecule has 1 aliphatic rings. The topological polar surface area (TPSA) is 71.3 Å². The predicted molar refractivity (Wildman–Crippen MR) is 111 cm³/mol. The Morgan fingerprint density at radius 1 is 1.14 bits per heavy atom. The molecule has 2 amide bonds. The third-order valence-electron chi connectivity index (χ3n) is 4.79. The Morgan fingerprint density at radius 3 is 2.57 bits per heavy atom. The quantitative estimate of drug-likeness (QED) is 0.554. The standard InChI is InChI=1S/C20H18BrClN4O2/c21-16-3-1-2-4-17(16)23-20(27)26-11-9-14(10-12-26)19-24-18(25-28-19)13-5-7-15(22)8-6-13/h1-8,14H,9-12H2,(H,23,27). The molecule has 1 N–H and O–H groups in total. The van der Waals surface area contributed by atoms with E-state index in [4.69, 9.17) is 16.1 Å². The van der Waals surface area contributed by atoms with Crippen LogP contribution in [0.2, 0.25) is 5.02 Å². The van der Waals surface area contributed by atoms with Crippen molar-refractivity contribution in [3.05, 3.63) is 63.9 Å². The molecule has 3 aromatic rings. The Labute approximate surface area is 176 Å². The van der Waals surface area contributed by atoms with E-state index in [9.17, 15) is 4.79 Å². The van der Waals surface area contributed by atoms with E-state index in [-0.39, 0.29) is 11.9 Å². The molecule has 0 bridgehead atoms. The lowest BCUT2D eigenvalue weighted by Gasteiger charge is -2.30. The molecule has 2 aromatic carbocycles. The van der Waals surface area contributed by atoms with Gasteiger partial charge in [0.15, 0.2) is 0 Å². The third kappa shape index (κ3) is 4.20. The minimum atomic E-state index is -0.0993. The highest BCUT2D eigenvalue weighted by Crippen LogP contribution is 2.29. The summed E-state index contributed by atoms with van der Waals surface area (Å²) in [5, 5.41) is 7.69. The number of aromatic nitrogens is 2. The van der Waals surface area contributed by atoms with E-state index in [1.54, 1.807) is 12.1 Å². The van der Waals surface area contributed by atoms with Gasteiger partial charge in [-0.15, -0.1) is 0 Å². The Hall–Kier alpha value is -2.38. The summed E-state index contributed by atoms with van der Waals surface area (Å²) in [6.07, 6.45) is 1.57. The fraction of sp³-hybridized carbons (Fsp3) is 0.250. The molecule has 8 heteroatoms. The number of piperidine rings is 1. The molecule has 0 radical (unpaired) electrons. The molecule has 1 aliphatic heterocycles. The Bertz CT molecular complexity index is 968. The molecular weight excluding hydrogens is 444 g/mol. The largest absolute Gasteiger partial charge is 0.339 e. The molecule has 28 heavy (non-hydrogen) atoms. The van der Waals surface area contributed by atoms with E-state index in [1.807, 2.05) is 41.3 Å². The number of likely N-dealkylation sites (tertiary alicyclic amines) is 1. The molecule has 1 saturated heterocycles. The van der Waals surface area contributed by atoms with Gasteiger partial charge in [-0.05, 0) is 65.2 Å². The van der Waals surface area contributed by atoms with Crippen LogP contribution in [0.1, 0.15) is 24.7 Å². The second-order valence-corrected chi connectivity index (χ2v) is 7.93. The van der Waals surface area contributed by atoms with Crippen molar-refractivity contribution in [2.45, 2.75) is 18.8 Å². The number of nitrogens with one attached hydrogen (secondary N) is 1. The molecule has 0 aliphatic carbocycles. The number of carbonyl (C=O) groups excluding carboxylic acids is 1. The zero-order valence-corrected chi connectivity index (χ0v) is 17.3. The van der Waals surface area contributed by atoms with E-state index in [0.29, 0.717) is 29.8 Å². The number of carbonyl (C=O) groups is 1. The van der Waals surface area contributed by atoms with Gasteiger partial charge >= 0.3 is 6.03 Å². The number of hydrogen-bond donors (Lipinski definition) is 1. The van der Waals surface area contributed by atoms with Crippen LogP contribution in [-0.2, 0) is 0 Å². The summed E-state index contributed by atoms with van der Waals surface area (Å²) in [5.74, 6) is 1.33. The van der Waals surface area contributed by atoms with Gasteiger partial charge in [-0.25, -0.2) is 4.79 Å². The molecule has 0 spiro atoms. The summed E-state index contributed by atoms with van der Waals surface area (Å²) in [6.45, 7) is 1.28. The van der Waals surface area contributed by atoms with Crippen molar-refractivity contribution in [1.29, 1.82) is 0 Å². The van der Waals surface area contributed by atoms with Crippen LogP contribution < -0.4 is 5.32 Å². The average Bonchev–Trinajstić information content (AvgIpc) is 3.20. The summed E-state index contributed by atoms with van der Waals surface area (Å²) >= 11 is 9.37. The number of nitrogens with zero attached hydrogens (tertiary/aromatic N) is 3. The average molecular weight is 462 g/mol. The van der Waals surface area contributed by atoms with E-state index >= 15 is 0 Å². The maximum Gasteiger partial charge on any atom is 0.321 e. The van der Waals surface area contributed by atoms with Gasteiger partial charge in [0.05, 0.1) is 5.69 Å². The lowest BCUT2D eigenvalue weighted by molar-refractivity contribution is 0.187. The fourth-order valence-corrected chi connectivity index (χ4v) is 3.71. The SMILES string of the molecule is O=C(Nc1ccccc1Br)N1CCC(c2nc(-c3ccc(Cl)cc3)no2)CC1. The van der Waals surface area contributed by atoms with Crippen molar-refractivity contribution in [2.75, 3.05) is 18.4 Å². The van der Waals surface area contributed by atoms with Crippen molar-refractivity contribution in [2.24, 2.45) is 0 Å². The van der Waals surface area contributed by atoms with Gasteiger partial charge in [0.2, 0.25) is 11.7 Å². The van der Waals surface area contributed by atoms with Crippen LogP contribution >= 0.6 is 27.5 Å². The Kier molecular flexibility index (Phi) is 5.64. The van der Waals surface area contributed by atoms with Gasteiger partial charge in [0, 0.05) is 34.1 Å². The normalized spacial score (nSPS) is 14.9. The molecule has 0 atom stereocenters. The number of benzene rings is 2. The molecule has 1 fully saturated rings. The van der Waals surface area contributed by atoms with Crippen LogP contribution in [0.3, 0.4) is 0 Å². The maximum absolute atomic E-state index is 12.5. The highest BCUT2D eigenvalue weighted by Gasteiger charge is 2.28. The number of rotatable bonds is 3. The first-order chi connectivity index (χ1) is 13.6. The van der Waals surface area contributed by atoms with Gasteiger partial charge in [0.25, 0.3) is 0 Å². The van der Waals surface area contributed by atoms with Gasteiger partial charge in [-0.3, -0.25) is 0 Å². The highest BCUT2D eigenvalue weighted by molar-refractivity contribution is 9.10. The fourth-order valence-electron chi connectivity index (χ4n) is 3.20. The first-order valence-electron chi connectivity index (χ1n) is 9.00. The van der Waals surface area contributed by atoms with Crippen molar-refractivity contribution in [3.63, 3.8) is 0 Å². The molecular formula is C20H18BrClN4O2. The van der Waals surface area contributed by atoms with Crippen LogP contribution in [0.4, 0.5) is 10.5 Å². The van der Waals surface area contributed by atoms with Crippen LogP contribution in [0.25, 0.3) is 11.4 Å². The lowest BCUT2D eigenvalue weighted by atomic mass is 9.97. The van der Waals surface area contributed by atoms with Crippen molar-refractivity contribution >= 4 is 39.2 Å². The molecule has 2 heterocycles. The second kappa shape index (κ2) is 8.32. The van der Waals surface area contributed by atoms with E-state index < -0.39 is 0 Å². The maximum atomic E-state index is 12.5. The zero-order valence-electron chi connectivity index (χ0n) is 14.9. The van der Waals surface area contributed by atoms with Crippen LogP contribution in [0, 0.1) is 0 Å². The summed E-state index contributed by atoms with van der Waals surface area (Å²) in [5.41, 5.74) is 1.63. The van der Waals surface area contributed by atoms with Gasteiger partial charge < -0.3 is 14.7 Å². The van der Waals surface area contributed by atoms with Gasteiger partial charge in [0.1, 0.15) is 0 Å². The molecule has 6 nitrogen and oxygen atoms in total. The number of hydrogen-bond acceptors (Lipinski definition) is 4. The number of para-hydroxylation sites is 1. The molecule has 4 rings (SSSR count). The monoisotopic (exact) mass is 460 g/mol. The lowest BCUT2D eigenvalue weighted by Crippen LogP contribution is -2.40. The summed E-state index contributed by atoms with van der Waals surface area (Å²) < 4.78 is 6.34. The van der Waals surface area contributed by atoms with Crippen molar-refractivity contribution in [1.82, 2.24) is 15.0 Å². The number of urea groups is 1. The van der Waals surface area contributed by atoms with Crippen LogP contribution in [0.15, 0.2) is 57.5 Å². The Balaban J connectivity index is 1.36. The van der Waals surface area contributed by atoms with Crippen LogP contribution in [-0.4, -0.2) is 34.2 Å². The van der Waals surface area contributed by atoms with E-state index in [1.165, 1.54) is 0 Å². The highest BCUT2D eigenvalue weighted by atomic mass is 79.9. The number of amides is 2. The Morgan fingerprint density at radius 2 is 1.86 bits per heavy atom. The molecule has 0 unspecified atom stereocenters. The van der Waals surface area contributed by atoms with Gasteiger partial charge in [-0.1, -0.05) is 28.9 Å². The number of anilines is 1. The molecule has 1 aromatic heterocycles.